The van der Waals surface area contributed by atoms with Crippen molar-refractivity contribution in [2.45, 2.75) is 52.0 Å². The molecule has 65 valence electrons. The molecule has 1 N–H and O–H groups in total. The van der Waals surface area contributed by atoms with Crippen LogP contribution in [-0.4, -0.2) is 12.6 Å². The Morgan fingerprint density at radius 2 is 1.82 bits per heavy atom. The van der Waals surface area contributed by atoms with E-state index in [1.54, 1.807) is 0 Å². The van der Waals surface area contributed by atoms with Gasteiger partial charge in [0.1, 0.15) is 0 Å². The third kappa shape index (κ3) is 3.76. The van der Waals surface area contributed by atoms with E-state index in [0.29, 0.717) is 0 Å². The van der Waals surface area contributed by atoms with Crippen LogP contribution in [0.4, 0.5) is 0 Å². The molecule has 0 saturated heterocycles. The standard InChI is InChI=1S/C10H20N/c1-9(2)8-11-10-6-4-3-5-7-10/h10-11H,3-8H2,1-2H3. The molecule has 1 aliphatic carbocycles. The van der Waals surface area contributed by atoms with Gasteiger partial charge in [0.25, 0.3) is 0 Å². The molecule has 1 fully saturated rings. The number of rotatable bonds is 3. The van der Waals surface area contributed by atoms with Crippen molar-refractivity contribution in [2.24, 2.45) is 0 Å². The number of nitrogens with one attached hydrogen (secondary N) is 1. The third-order valence-electron chi connectivity index (χ3n) is 2.35. The molecule has 0 atom stereocenters. The van der Waals surface area contributed by atoms with Gasteiger partial charge in [0, 0.05) is 12.6 Å². The summed E-state index contributed by atoms with van der Waals surface area (Å²) < 4.78 is 0. The van der Waals surface area contributed by atoms with E-state index in [-0.39, 0.29) is 0 Å². The molecule has 0 bridgehead atoms. The zero-order valence-electron chi connectivity index (χ0n) is 7.82. The van der Waals surface area contributed by atoms with Gasteiger partial charge in [0.15, 0.2) is 0 Å². The highest BCUT2D eigenvalue weighted by Crippen LogP contribution is 2.17. The maximum absolute atomic E-state index is 3.58. The van der Waals surface area contributed by atoms with Gasteiger partial charge < -0.3 is 5.32 Å². The van der Waals surface area contributed by atoms with Gasteiger partial charge in [-0.1, -0.05) is 33.1 Å². The van der Waals surface area contributed by atoms with E-state index >= 15 is 0 Å². The van der Waals surface area contributed by atoms with E-state index in [9.17, 15) is 0 Å². The molecule has 1 heteroatoms. The minimum Gasteiger partial charge on any atom is -0.313 e. The van der Waals surface area contributed by atoms with Crippen molar-refractivity contribution >= 4 is 0 Å². The highest BCUT2D eigenvalue weighted by atomic mass is 14.9. The second-order valence-electron chi connectivity index (χ2n) is 3.92. The molecule has 1 aliphatic rings. The molecule has 0 unspecified atom stereocenters. The molecule has 0 heterocycles. The molecule has 0 aromatic rings. The first-order valence-electron chi connectivity index (χ1n) is 4.81. The zero-order valence-corrected chi connectivity index (χ0v) is 7.82. The van der Waals surface area contributed by atoms with Gasteiger partial charge in [-0.2, -0.15) is 0 Å². The second-order valence-corrected chi connectivity index (χ2v) is 3.92. The number of hydrogen-bond acceptors (Lipinski definition) is 1. The topological polar surface area (TPSA) is 12.0 Å². The molecule has 1 rings (SSSR count). The Morgan fingerprint density at radius 1 is 1.18 bits per heavy atom. The van der Waals surface area contributed by atoms with Crippen molar-refractivity contribution in [2.75, 3.05) is 6.54 Å². The van der Waals surface area contributed by atoms with Crippen LogP contribution in [-0.2, 0) is 0 Å². The molecule has 1 saturated carbocycles. The largest absolute Gasteiger partial charge is 0.313 e. The van der Waals surface area contributed by atoms with Crippen LogP contribution in [0.3, 0.4) is 0 Å². The van der Waals surface area contributed by atoms with Crippen LogP contribution >= 0.6 is 0 Å². The van der Waals surface area contributed by atoms with Crippen molar-refractivity contribution in [1.82, 2.24) is 5.32 Å². The third-order valence-corrected chi connectivity index (χ3v) is 2.35. The second kappa shape index (κ2) is 4.76. The Kier molecular flexibility index (Phi) is 3.92. The van der Waals surface area contributed by atoms with Gasteiger partial charge in [-0.25, -0.2) is 0 Å². The fraction of sp³-hybridized carbons (Fsp3) is 0.900. The van der Waals surface area contributed by atoms with Crippen LogP contribution in [0, 0.1) is 5.92 Å². The Labute approximate surface area is 70.6 Å². The molecule has 0 aliphatic heterocycles. The quantitative estimate of drug-likeness (QED) is 0.658. The molecule has 11 heavy (non-hydrogen) atoms. The number of hydrogen-bond donors (Lipinski definition) is 1. The van der Waals surface area contributed by atoms with Crippen molar-refractivity contribution < 1.29 is 0 Å². The molecule has 0 aromatic heterocycles. The Balaban J connectivity index is 2.05. The van der Waals surface area contributed by atoms with E-state index in [4.69, 9.17) is 0 Å². The summed E-state index contributed by atoms with van der Waals surface area (Å²) in [5.41, 5.74) is 0. The Morgan fingerprint density at radius 3 is 2.36 bits per heavy atom. The lowest BCUT2D eigenvalue weighted by Crippen LogP contribution is -2.33. The first-order chi connectivity index (χ1) is 5.29. The van der Waals surface area contributed by atoms with Gasteiger partial charge in [0.2, 0.25) is 0 Å². The van der Waals surface area contributed by atoms with Crippen LogP contribution in [0.15, 0.2) is 0 Å². The molecular weight excluding hydrogens is 134 g/mol. The van der Waals surface area contributed by atoms with E-state index < -0.39 is 0 Å². The summed E-state index contributed by atoms with van der Waals surface area (Å²) >= 11 is 0. The van der Waals surface area contributed by atoms with Crippen LogP contribution in [0.5, 0.6) is 0 Å². The molecule has 1 nitrogen and oxygen atoms in total. The van der Waals surface area contributed by atoms with Crippen molar-refractivity contribution in [3.05, 3.63) is 5.92 Å². The van der Waals surface area contributed by atoms with Crippen molar-refractivity contribution in [3.8, 4) is 0 Å². The Bertz CT molecular complexity index is 93.0. The molecular formula is C10H20N. The monoisotopic (exact) mass is 154 g/mol. The Hall–Kier alpha value is -0.0400. The predicted molar refractivity (Wildman–Crippen MR) is 49.5 cm³/mol. The van der Waals surface area contributed by atoms with Crippen LogP contribution < -0.4 is 5.32 Å². The fourth-order valence-corrected chi connectivity index (χ4v) is 1.66. The minimum atomic E-state index is 0.818. The highest BCUT2D eigenvalue weighted by Gasteiger charge is 2.12. The van der Waals surface area contributed by atoms with Crippen LogP contribution in [0.1, 0.15) is 46.0 Å². The maximum Gasteiger partial charge on any atom is 0.00672 e. The normalized spacial score (nSPS) is 21.0. The summed E-state index contributed by atoms with van der Waals surface area (Å²) in [6.07, 6.45) is 7.11. The molecule has 1 radical (unpaired) electrons. The zero-order chi connectivity index (χ0) is 8.10. The summed E-state index contributed by atoms with van der Waals surface area (Å²) in [7, 11) is 0. The van der Waals surface area contributed by atoms with Crippen LogP contribution in [0.25, 0.3) is 0 Å². The molecule has 0 spiro atoms. The van der Waals surface area contributed by atoms with Gasteiger partial charge in [0.05, 0.1) is 0 Å². The summed E-state index contributed by atoms with van der Waals surface area (Å²) in [4.78, 5) is 0. The fourth-order valence-electron chi connectivity index (χ4n) is 1.66. The van der Waals surface area contributed by atoms with Gasteiger partial charge in [-0.15, -0.1) is 0 Å². The highest BCUT2D eigenvalue weighted by molar-refractivity contribution is 4.83. The summed E-state index contributed by atoms with van der Waals surface area (Å²) in [6, 6.07) is 0.818. The van der Waals surface area contributed by atoms with Crippen LogP contribution in [0.2, 0.25) is 0 Å². The lowest BCUT2D eigenvalue weighted by molar-refractivity contribution is 0.378. The SMILES string of the molecule is C[C](C)CNC1CCCCC1. The van der Waals surface area contributed by atoms with Gasteiger partial charge in [-0.05, 0) is 18.8 Å². The minimum absolute atomic E-state index is 0.818. The summed E-state index contributed by atoms with van der Waals surface area (Å²) in [5, 5.41) is 3.58. The first kappa shape index (κ1) is 9.05. The van der Waals surface area contributed by atoms with Gasteiger partial charge in [-0.3, -0.25) is 0 Å². The van der Waals surface area contributed by atoms with Crippen molar-refractivity contribution in [1.29, 1.82) is 0 Å². The summed E-state index contributed by atoms with van der Waals surface area (Å²) in [6.45, 7) is 5.50. The van der Waals surface area contributed by atoms with E-state index in [2.05, 4.69) is 19.2 Å². The first-order valence-corrected chi connectivity index (χ1v) is 4.81. The average Bonchev–Trinajstić information content (AvgIpc) is 2.03. The van der Waals surface area contributed by atoms with E-state index in [0.717, 1.165) is 12.6 Å². The van der Waals surface area contributed by atoms with E-state index in [1.165, 1.54) is 38.0 Å². The van der Waals surface area contributed by atoms with E-state index in [1.807, 2.05) is 0 Å². The summed E-state index contributed by atoms with van der Waals surface area (Å²) in [5.74, 6) is 1.50. The molecule has 0 amide bonds. The predicted octanol–water partition coefficient (Wildman–Crippen LogP) is 2.52. The average molecular weight is 154 g/mol. The maximum atomic E-state index is 3.58. The smallest absolute Gasteiger partial charge is 0.00672 e. The van der Waals surface area contributed by atoms with Gasteiger partial charge >= 0.3 is 0 Å². The molecule has 0 aromatic carbocycles. The lowest BCUT2D eigenvalue weighted by Gasteiger charge is -2.23. The lowest BCUT2D eigenvalue weighted by atomic mass is 9.95. The van der Waals surface area contributed by atoms with Crippen molar-refractivity contribution in [3.63, 3.8) is 0 Å².